The number of halogens is 1. The SMILES string of the molecule is COC(C)(C)CCS(=O)(=O)c1ccc(F)c(C(=O)O)c1. The Morgan fingerprint density at radius 1 is 1.40 bits per heavy atom. The molecule has 0 aliphatic carbocycles. The Kier molecular flexibility index (Phi) is 4.88. The van der Waals surface area contributed by atoms with Crippen LogP contribution in [0.4, 0.5) is 4.39 Å². The minimum Gasteiger partial charge on any atom is -0.478 e. The molecule has 112 valence electrons. The lowest BCUT2D eigenvalue weighted by atomic mass is 10.1. The van der Waals surface area contributed by atoms with Crippen LogP contribution in [0.15, 0.2) is 23.1 Å². The van der Waals surface area contributed by atoms with Crippen LogP contribution in [0.5, 0.6) is 0 Å². The van der Waals surface area contributed by atoms with Gasteiger partial charge in [-0.15, -0.1) is 0 Å². The summed E-state index contributed by atoms with van der Waals surface area (Å²) in [4.78, 5) is 10.6. The van der Waals surface area contributed by atoms with E-state index in [9.17, 15) is 17.6 Å². The first-order valence-corrected chi connectivity index (χ1v) is 7.55. The Bertz CT molecular complexity index is 607. The molecule has 0 aromatic heterocycles. The summed E-state index contributed by atoms with van der Waals surface area (Å²) in [6.45, 7) is 3.49. The van der Waals surface area contributed by atoms with Crippen LogP contribution < -0.4 is 0 Å². The molecule has 0 spiro atoms. The molecule has 0 amide bonds. The summed E-state index contributed by atoms with van der Waals surface area (Å²) in [6.07, 6.45) is 0.242. The summed E-state index contributed by atoms with van der Waals surface area (Å²) in [5.74, 6) is -2.68. The number of rotatable bonds is 6. The fourth-order valence-electron chi connectivity index (χ4n) is 1.46. The van der Waals surface area contributed by atoms with Crippen molar-refractivity contribution in [1.82, 2.24) is 0 Å². The van der Waals surface area contributed by atoms with E-state index in [1.54, 1.807) is 13.8 Å². The van der Waals surface area contributed by atoms with Gasteiger partial charge in [0, 0.05) is 7.11 Å². The van der Waals surface area contributed by atoms with E-state index in [4.69, 9.17) is 9.84 Å². The average Bonchev–Trinajstić information content (AvgIpc) is 2.36. The van der Waals surface area contributed by atoms with E-state index >= 15 is 0 Å². The fraction of sp³-hybridized carbons (Fsp3) is 0.462. The van der Waals surface area contributed by atoms with Crippen LogP contribution in [0.3, 0.4) is 0 Å². The van der Waals surface area contributed by atoms with Gasteiger partial charge < -0.3 is 9.84 Å². The quantitative estimate of drug-likeness (QED) is 0.814. The van der Waals surface area contributed by atoms with Crippen molar-refractivity contribution in [2.75, 3.05) is 12.9 Å². The Balaban J connectivity index is 3.05. The van der Waals surface area contributed by atoms with Crippen molar-refractivity contribution < 1.29 is 27.4 Å². The van der Waals surface area contributed by atoms with Gasteiger partial charge in [-0.2, -0.15) is 0 Å². The van der Waals surface area contributed by atoms with Crippen LogP contribution >= 0.6 is 0 Å². The predicted molar refractivity (Wildman–Crippen MR) is 71.1 cm³/mol. The Morgan fingerprint density at radius 3 is 2.50 bits per heavy atom. The maximum atomic E-state index is 13.2. The molecule has 0 saturated carbocycles. The van der Waals surface area contributed by atoms with Crippen molar-refractivity contribution in [2.24, 2.45) is 0 Å². The highest BCUT2D eigenvalue weighted by atomic mass is 32.2. The number of benzene rings is 1. The number of methoxy groups -OCH3 is 1. The second-order valence-corrected chi connectivity index (χ2v) is 7.09. The zero-order chi connectivity index (χ0) is 15.6. The molecular formula is C13H17FO5S. The predicted octanol–water partition coefficient (Wildman–Crippen LogP) is 2.11. The van der Waals surface area contributed by atoms with Gasteiger partial charge in [-0.05, 0) is 38.5 Å². The monoisotopic (exact) mass is 304 g/mol. The Labute approximate surface area is 117 Å². The molecule has 0 aliphatic rings. The van der Waals surface area contributed by atoms with Crippen LogP contribution in [0.25, 0.3) is 0 Å². The van der Waals surface area contributed by atoms with Crippen LogP contribution in [0.1, 0.15) is 30.6 Å². The van der Waals surface area contributed by atoms with E-state index in [2.05, 4.69) is 0 Å². The third kappa shape index (κ3) is 4.01. The molecule has 0 unspecified atom stereocenters. The largest absolute Gasteiger partial charge is 0.478 e. The molecule has 0 heterocycles. The van der Waals surface area contributed by atoms with Crippen LogP contribution in [0, 0.1) is 5.82 Å². The highest BCUT2D eigenvalue weighted by Crippen LogP contribution is 2.20. The van der Waals surface area contributed by atoms with E-state index in [-0.39, 0.29) is 17.1 Å². The summed E-state index contributed by atoms with van der Waals surface area (Å²) < 4.78 is 42.6. The minimum atomic E-state index is -3.69. The molecule has 7 heteroatoms. The average molecular weight is 304 g/mol. The van der Waals surface area contributed by atoms with E-state index in [1.807, 2.05) is 0 Å². The van der Waals surface area contributed by atoms with Gasteiger partial charge in [0.1, 0.15) is 5.82 Å². The van der Waals surface area contributed by atoms with Crippen molar-refractivity contribution in [3.63, 3.8) is 0 Å². The molecule has 0 radical (unpaired) electrons. The van der Waals surface area contributed by atoms with Crippen molar-refractivity contribution in [1.29, 1.82) is 0 Å². The van der Waals surface area contributed by atoms with E-state index in [0.29, 0.717) is 0 Å². The summed E-state index contributed by atoms with van der Waals surface area (Å²) in [5, 5.41) is 8.80. The normalized spacial score (nSPS) is 12.4. The first-order chi connectivity index (χ1) is 9.09. The Morgan fingerprint density at radius 2 is 2.00 bits per heavy atom. The Hall–Kier alpha value is -1.47. The van der Waals surface area contributed by atoms with Gasteiger partial charge in [0.05, 0.1) is 21.8 Å². The number of hydrogen-bond donors (Lipinski definition) is 1. The minimum absolute atomic E-state index is 0.205. The summed E-state index contributed by atoms with van der Waals surface area (Å²) in [5.41, 5.74) is -1.26. The topological polar surface area (TPSA) is 80.7 Å². The number of aromatic carboxylic acids is 1. The number of hydrogen-bond acceptors (Lipinski definition) is 4. The molecule has 5 nitrogen and oxygen atoms in total. The number of carboxylic acid groups (broad SMARTS) is 1. The fourth-order valence-corrected chi connectivity index (χ4v) is 3.03. The van der Waals surface area contributed by atoms with Crippen LogP contribution in [-0.4, -0.2) is 38.0 Å². The molecule has 0 bridgehead atoms. The van der Waals surface area contributed by atoms with Crippen molar-refractivity contribution >= 4 is 15.8 Å². The third-order valence-corrected chi connectivity index (χ3v) is 4.77. The van der Waals surface area contributed by atoms with Crippen LogP contribution in [0.2, 0.25) is 0 Å². The highest BCUT2D eigenvalue weighted by molar-refractivity contribution is 7.91. The maximum Gasteiger partial charge on any atom is 0.338 e. The number of sulfone groups is 1. The molecule has 0 fully saturated rings. The molecule has 1 N–H and O–H groups in total. The van der Waals surface area contributed by atoms with Crippen molar-refractivity contribution in [3.05, 3.63) is 29.6 Å². The van der Waals surface area contributed by atoms with Crippen LogP contribution in [-0.2, 0) is 14.6 Å². The second kappa shape index (κ2) is 5.88. The lowest BCUT2D eigenvalue weighted by molar-refractivity contribution is 0.0203. The molecule has 0 atom stereocenters. The zero-order valence-corrected chi connectivity index (χ0v) is 12.3. The molecule has 1 aromatic rings. The van der Waals surface area contributed by atoms with Crippen molar-refractivity contribution in [3.8, 4) is 0 Å². The van der Waals surface area contributed by atoms with Gasteiger partial charge in [-0.1, -0.05) is 0 Å². The third-order valence-electron chi connectivity index (χ3n) is 3.05. The molecular weight excluding hydrogens is 287 g/mol. The summed E-state index contributed by atoms with van der Waals surface area (Å²) >= 11 is 0. The molecule has 1 rings (SSSR count). The van der Waals surface area contributed by atoms with Gasteiger partial charge in [-0.3, -0.25) is 0 Å². The lowest BCUT2D eigenvalue weighted by Gasteiger charge is -2.22. The molecule has 0 saturated heterocycles. The number of carbonyl (C=O) groups is 1. The number of ether oxygens (including phenoxy) is 1. The first kappa shape index (κ1) is 16.6. The van der Waals surface area contributed by atoms with E-state index < -0.39 is 32.8 Å². The van der Waals surface area contributed by atoms with Gasteiger partial charge in [-0.25, -0.2) is 17.6 Å². The molecule has 20 heavy (non-hydrogen) atoms. The van der Waals surface area contributed by atoms with Gasteiger partial charge in [0.2, 0.25) is 0 Å². The first-order valence-electron chi connectivity index (χ1n) is 5.90. The van der Waals surface area contributed by atoms with Gasteiger partial charge >= 0.3 is 5.97 Å². The molecule has 1 aromatic carbocycles. The van der Waals surface area contributed by atoms with Gasteiger partial charge in [0.25, 0.3) is 0 Å². The van der Waals surface area contributed by atoms with E-state index in [0.717, 1.165) is 18.2 Å². The zero-order valence-electron chi connectivity index (χ0n) is 11.5. The number of carboxylic acids is 1. The smallest absolute Gasteiger partial charge is 0.338 e. The van der Waals surface area contributed by atoms with Crippen molar-refractivity contribution in [2.45, 2.75) is 30.8 Å². The standard InChI is InChI=1S/C13H17FO5S/c1-13(2,19-3)6-7-20(17,18)9-4-5-11(14)10(8-9)12(15)16/h4-5,8H,6-7H2,1-3H3,(H,15,16). The van der Waals surface area contributed by atoms with E-state index in [1.165, 1.54) is 7.11 Å². The van der Waals surface area contributed by atoms with Gasteiger partial charge in [0.15, 0.2) is 9.84 Å². The summed E-state index contributed by atoms with van der Waals surface area (Å²) in [6, 6.07) is 2.75. The summed E-state index contributed by atoms with van der Waals surface area (Å²) in [7, 11) is -2.21. The lowest BCUT2D eigenvalue weighted by Crippen LogP contribution is -2.26. The highest BCUT2D eigenvalue weighted by Gasteiger charge is 2.24. The maximum absolute atomic E-state index is 13.2. The molecule has 0 aliphatic heterocycles. The second-order valence-electron chi connectivity index (χ2n) is 4.98.